The molecule has 0 aliphatic heterocycles. The van der Waals surface area contributed by atoms with Gasteiger partial charge in [-0.05, 0) is 12.1 Å². The van der Waals surface area contributed by atoms with E-state index in [1.54, 1.807) is 6.07 Å². The van der Waals surface area contributed by atoms with E-state index in [2.05, 4.69) is 14.9 Å². The van der Waals surface area contributed by atoms with Gasteiger partial charge in [-0.15, -0.1) is 0 Å². The molecule has 0 saturated carbocycles. The number of benzene rings is 1. The van der Waals surface area contributed by atoms with Crippen LogP contribution in [0.2, 0.25) is 10.2 Å². The Balaban J connectivity index is 2.68. The second-order valence-electron chi connectivity index (χ2n) is 2.88. The SMILES string of the molecule is COC(=O)c1cc(Cl)c2c(Cl)[nH]nc2c1. The lowest BCUT2D eigenvalue weighted by molar-refractivity contribution is 0.0601. The predicted molar refractivity (Wildman–Crippen MR) is 57.5 cm³/mol. The molecule has 15 heavy (non-hydrogen) atoms. The number of esters is 1. The fourth-order valence-electron chi connectivity index (χ4n) is 1.30. The van der Waals surface area contributed by atoms with Crippen LogP contribution >= 0.6 is 23.2 Å². The van der Waals surface area contributed by atoms with Gasteiger partial charge in [0, 0.05) is 0 Å². The largest absolute Gasteiger partial charge is 0.465 e. The highest BCUT2D eigenvalue weighted by atomic mass is 35.5. The minimum Gasteiger partial charge on any atom is -0.465 e. The van der Waals surface area contributed by atoms with E-state index in [4.69, 9.17) is 23.2 Å². The monoisotopic (exact) mass is 244 g/mol. The van der Waals surface area contributed by atoms with Crippen molar-refractivity contribution in [2.75, 3.05) is 7.11 Å². The summed E-state index contributed by atoms with van der Waals surface area (Å²) in [6.45, 7) is 0. The molecule has 2 rings (SSSR count). The van der Waals surface area contributed by atoms with Gasteiger partial charge in [0.2, 0.25) is 0 Å². The molecule has 0 atom stereocenters. The van der Waals surface area contributed by atoms with Crippen LogP contribution in [0.4, 0.5) is 0 Å². The molecule has 4 nitrogen and oxygen atoms in total. The minimum atomic E-state index is -0.460. The number of hydrogen-bond donors (Lipinski definition) is 1. The second kappa shape index (κ2) is 3.72. The Morgan fingerprint density at radius 1 is 1.47 bits per heavy atom. The molecule has 1 N–H and O–H groups in total. The summed E-state index contributed by atoms with van der Waals surface area (Å²) < 4.78 is 4.58. The molecule has 0 spiro atoms. The number of halogens is 2. The zero-order valence-corrected chi connectivity index (χ0v) is 9.19. The highest BCUT2D eigenvalue weighted by Crippen LogP contribution is 2.29. The number of aromatic nitrogens is 2. The van der Waals surface area contributed by atoms with Crippen molar-refractivity contribution in [3.8, 4) is 0 Å². The number of ether oxygens (including phenoxy) is 1. The molecule has 1 heterocycles. The third-order valence-corrected chi connectivity index (χ3v) is 2.56. The molecular weight excluding hydrogens is 239 g/mol. The average Bonchev–Trinajstić information content (AvgIpc) is 2.59. The third-order valence-electron chi connectivity index (χ3n) is 1.98. The first-order valence-corrected chi connectivity index (χ1v) is 4.80. The molecule has 0 radical (unpaired) electrons. The Morgan fingerprint density at radius 3 is 2.87 bits per heavy atom. The van der Waals surface area contributed by atoms with Gasteiger partial charge < -0.3 is 4.74 Å². The van der Waals surface area contributed by atoms with Crippen LogP contribution in [0, 0.1) is 0 Å². The standard InChI is InChI=1S/C9H6Cl2N2O2/c1-15-9(14)4-2-5(10)7-6(3-4)12-13-8(7)11/h2-3H,1H3,(H,12,13). The van der Waals surface area contributed by atoms with Crippen LogP contribution in [-0.2, 0) is 4.74 Å². The van der Waals surface area contributed by atoms with Crippen molar-refractivity contribution in [1.82, 2.24) is 10.2 Å². The number of nitrogens with zero attached hydrogens (tertiary/aromatic N) is 1. The first-order valence-electron chi connectivity index (χ1n) is 4.05. The first-order chi connectivity index (χ1) is 7.13. The van der Waals surface area contributed by atoms with E-state index in [0.717, 1.165) is 0 Å². The number of hydrogen-bond acceptors (Lipinski definition) is 3. The van der Waals surface area contributed by atoms with E-state index in [1.807, 2.05) is 0 Å². The predicted octanol–water partition coefficient (Wildman–Crippen LogP) is 2.66. The van der Waals surface area contributed by atoms with Gasteiger partial charge in [-0.3, -0.25) is 5.10 Å². The van der Waals surface area contributed by atoms with Crippen molar-refractivity contribution in [3.05, 3.63) is 27.9 Å². The summed E-state index contributed by atoms with van der Waals surface area (Å²) in [6.07, 6.45) is 0. The van der Waals surface area contributed by atoms with Crippen LogP contribution in [-0.4, -0.2) is 23.3 Å². The fraction of sp³-hybridized carbons (Fsp3) is 0.111. The summed E-state index contributed by atoms with van der Waals surface area (Å²) in [7, 11) is 1.30. The normalized spacial score (nSPS) is 10.6. The van der Waals surface area contributed by atoms with Crippen molar-refractivity contribution in [1.29, 1.82) is 0 Å². The summed E-state index contributed by atoms with van der Waals surface area (Å²) in [5.74, 6) is -0.460. The quantitative estimate of drug-likeness (QED) is 0.785. The van der Waals surface area contributed by atoms with E-state index in [1.165, 1.54) is 13.2 Å². The Kier molecular flexibility index (Phi) is 2.54. The maximum atomic E-state index is 11.3. The van der Waals surface area contributed by atoms with E-state index in [9.17, 15) is 4.79 Å². The summed E-state index contributed by atoms with van der Waals surface area (Å²) in [5.41, 5.74) is 0.881. The number of methoxy groups -OCH3 is 1. The number of carbonyl (C=O) groups is 1. The summed E-state index contributed by atoms with van der Waals surface area (Å²) >= 11 is 11.8. The molecule has 0 unspecified atom stereocenters. The van der Waals surface area contributed by atoms with Crippen LogP contribution < -0.4 is 0 Å². The van der Waals surface area contributed by atoms with E-state index < -0.39 is 5.97 Å². The molecule has 78 valence electrons. The van der Waals surface area contributed by atoms with E-state index in [-0.39, 0.29) is 0 Å². The first kappa shape index (κ1) is 10.3. The van der Waals surface area contributed by atoms with Crippen molar-refractivity contribution in [2.24, 2.45) is 0 Å². The maximum absolute atomic E-state index is 11.3. The van der Waals surface area contributed by atoms with Crippen molar-refractivity contribution < 1.29 is 9.53 Å². The lowest BCUT2D eigenvalue weighted by atomic mass is 10.2. The number of rotatable bonds is 1. The van der Waals surface area contributed by atoms with Crippen molar-refractivity contribution in [3.63, 3.8) is 0 Å². The van der Waals surface area contributed by atoms with Crippen molar-refractivity contribution in [2.45, 2.75) is 0 Å². The van der Waals surface area contributed by atoms with Crippen LogP contribution in [0.15, 0.2) is 12.1 Å². The number of H-pyrrole nitrogens is 1. The van der Waals surface area contributed by atoms with Gasteiger partial charge >= 0.3 is 5.97 Å². The van der Waals surface area contributed by atoms with E-state index in [0.29, 0.717) is 26.6 Å². The summed E-state index contributed by atoms with van der Waals surface area (Å²) in [6, 6.07) is 3.06. The van der Waals surface area contributed by atoms with Crippen molar-refractivity contribution >= 4 is 40.1 Å². The zero-order valence-electron chi connectivity index (χ0n) is 7.67. The van der Waals surface area contributed by atoms with Crippen LogP contribution in [0.25, 0.3) is 10.9 Å². The summed E-state index contributed by atoms with van der Waals surface area (Å²) in [5, 5.41) is 7.81. The number of fused-ring (bicyclic) bond motifs is 1. The van der Waals surface area contributed by atoms with Gasteiger partial charge in [0.15, 0.2) is 0 Å². The molecule has 1 aromatic carbocycles. The van der Waals surface area contributed by atoms with Crippen LogP contribution in [0.3, 0.4) is 0 Å². The van der Waals surface area contributed by atoms with E-state index >= 15 is 0 Å². The highest BCUT2D eigenvalue weighted by molar-refractivity contribution is 6.41. The Morgan fingerprint density at radius 2 is 2.20 bits per heavy atom. The zero-order chi connectivity index (χ0) is 11.0. The Hall–Kier alpha value is -1.26. The molecule has 0 fully saturated rings. The third kappa shape index (κ3) is 1.66. The van der Waals surface area contributed by atoms with Gasteiger partial charge in [0.25, 0.3) is 0 Å². The number of nitrogens with one attached hydrogen (secondary N) is 1. The summed E-state index contributed by atoms with van der Waals surface area (Å²) in [4.78, 5) is 11.3. The smallest absolute Gasteiger partial charge is 0.337 e. The second-order valence-corrected chi connectivity index (χ2v) is 3.67. The fourth-order valence-corrected chi connectivity index (χ4v) is 1.90. The molecule has 2 aromatic rings. The van der Waals surface area contributed by atoms with Gasteiger partial charge in [-0.25, -0.2) is 4.79 Å². The van der Waals surface area contributed by atoms with Gasteiger partial charge in [0.05, 0.1) is 28.6 Å². The molecule has 0 amide bonds. The number of aromatic amines is 1. The van der Waals surface area contributed by atoms with Crippen LogP contribution in [0.1, 0.15) is 10.4 Å². The molecule has 0 bridgehead atoms. The molecular formula is C9H6Cl2N2O2. The molecule has 0 aliphatic carbocycles. The lowest BCUT2D eigenvalue weighted by Crippen LogP contribution is -2.00. The lowest BCUT2D eigenvalue weighted by Gasteiger charge is -2.00. The highest BCUT2D eigenvalue weighted by Gasteiger charge is 2.13. The van der Waals surface area contributed by atoms with Crippen LogP contribution in [0.5, 0.6) is 0 Å². The Bertz CT molecular complexity index is 536. The number of carbonyl (C=O) groups excluding carboxylic acids is 1. The van der Waals surface area contributed by atoms with Gasteiger partial charge in [-0.2, -0.15) is 5.10 Å². The molecule has 1 aromatic heterocycles. The van der Waals surface area contributed by atoms with Gasteiger partial charge in [-0.1, -0.05) is 23.2 Å². The van der Waals surface area contributed by atoms with Gasteiger partial charge in [0.1, 0.15) is 5.15 Å². The topological polar surface area (TPSA) is 55.0 Å². The molecule has 0 aliphatic rings. The minimum absolute atomic E-state index is 0.346. The Labute approximate surface area is 95.1 Å². The maximum Gasteiger partial charge on any atom is 0.337 e. The average molecular weight is 245 g/mol. The molecule has 6 heteroatoms. The molecule has 0 saturated heterocycles.